The summed E-state index contributed by atoms with van der Waals surface area (Å²) in [5, 5.41) is 0. The summed E-state index contributed by atoms with van der Waals surface area (Å²) < 4.78 is 4.84. The molecule has 1 aromatic carbocycles. The number of nitrogens with zero attached hydrogens (tertiary/aromatic N) is 1. The van der Waals surface area contributed by atoms with Crippen LogP contribution in [0.25, 0.3) is 0 Å². The molecule has 0 spiro atoms. The van der Waals surface area contributed by atoms with Crippen molar-refractivity contribution in [1.29, 1.82) is 0 Å². The van der Waals surface area contributed by atoms with Crippen LogP contribution in [0.1, 0.15) is 24.0 Å². The zero-order valence-electron chi connectivity index (χ0n) is 14.7. The van der Waals surface area contributed by atoms with E-state index >= 15 is 0 Å². The molecule has 0 radical (unpaired) electrons. The molecule has 0 aromatic heterocycles. The lowest BCUT2D eigenvalue weighted by atomic mass is 9.96. The molecule has 3 nitrogen and oxygen atoms in total. The Bertz CT molecular complexity index is 585. The van der Waals surface area contributed by atoms with Crippen LogP contribution in [0.3, 0.4) is 0 Å². The molecular weight excluding hydrogens is 302 g/mol. The van der Waals surface area contributed by atoms with E-state index in [4.69, 9.17) is 4.74 Å². The predicted molar refractivity (Wildman–Crippen MR) is 96.7 cm³/mol. The molecule has 1 aliphatic heterocycles. The molecule has 4 heteroatoms. The maximum Gasteiger partial charge on any atom is 0.308 e. The van der Waals surface area contributed by atoms with Crippen LogP contribution in [0.4, 0.5) is 0 Å². The highest BCUT2D eigenvalue weighted by Gasteiger charge is 2.25. The summed E-state index contributed by atoms with van der Waals surface area (Å²) in [6.45, 7) is 9.62. The molecule has 1 aliphatic rings. The van der Waals surface area contributed by atoms with Gasteiger partial charge in [-0.2, -0.15) is 0 Å². The van der Waals surface area contributed by atoms with Crippen molar-refractivity contribution in [2.24, 2.45) is 5.92 Å². The Hall–Kier alpha value is -1.57. The van der Waals surface area contributed by atoms with Crippen molar-refractivity contribution >= 4 is 14.0 Å². The number of hydrogen-bond donors (Lipinski definition) is 0. The zero-order chi connectivity index (χ0) is 16.9. The number of hydrogen-bond acceptors (Lipinski definition) is 3. The molecule has 124 valence electrons. The fourth-order valence-electron chi connectivity index (χ4n) is 2.70. The van der Waals surface area contributed by atoms with Gasteiger partial charge in [0, 0.05) is 12.1 Å². The van der Waals surface area contributed by atoms with Crippen LogP contribution in [-0.4, -0.2) is 39.1 Å². The lowest BCUT2D eigenvalue weighted by Gasteiger charge is -2.30. The van der Waals surface area contributed by atoms with Crippen LogP contribution < -0.4 is 0 Å². The first-order chi connectivity index (χ1) is 10.9. The van der Waals surface area contributed by atoms with E-state index in [9.17, 15) is 4.79 Å². The van der Waals surface area contributed by atoms with Gasteiger partial charge in [-0.25, -0.2) is 0 Å². The van der Waals surface area contributed by atoms with Crippen molar-refractivity contribution in [1.82, 2.24) is 4.90 Å². The van der Waals surface area contributed by atoms with E-state index in [1.54, 1.807) is 0 Å². The maximum absolute atomic E-state index is 11.6. The summed E-state index contributed by atoms with van der Waals surface area (Å²) in [6, 6.07) is 8.56. The SMILES string of the molecule is COC(=O)C1CCN(Cc2ccc(C#C[Si](C)(C)C)cc2)CC1. The first-order valence-corrected chi connectivity index (χ1v) is 11.8. The van der Waals surface area contributed by atoms with E-state index in [1.807, 2.05) is 0 Å². The number of methoxy groups -OCH3 is 1. The minimum atomic E-state index is -1.31. The van der Waals surface area contributed by atoms with Gasteiger partial charge in [0.1, 0.15) is 8.07 Å². The zero-order valence-corrected chi connectivity index (χ0v) is 15.7. The second kappa shape index (κ2) is 7.81. The number of piperidine rings is 1. The van der Waals surface area contributed by atoms with Gasteiger partial charge in [-0.3, -0.25) is 9.69 Å². The fraction of sp³-hybridized carbons (Fsp3) is 0.526. The van der Waals surface area contributed by atoms with E-state index in [2.05, 4.69) is 60.3 Å². The Kier molecular flexibility index (Phi) is 6.03. The molecule has 2 rings (SSSR count). The highest BCUT2D eigenvalue weighted by molar-refractivity contribution is 6.83. The smallest absolute Gasteiger partial charge is 0.308 e. The minimum Gasteiger partial charge on any atom is -0.469 e. The van der Waals surface area contributed by atoms with Crippen molar-refractivity contribution in [3.05, 3.63) is 35.4 Å². The summed E-state index contributed by atoms with van der Waals surface area (Å²) in [7, 11) is 0.159. The molecular formula is C19H27NO2Si. The molecule has 1 heterocycles. The van der Waals surface area contributed by atoms with Crippen molar-refractivity contribution in [3.63, 3.8) is 0 Å². The van der Waals surface area contributed by atoms with Crippen LogP contribution in [-0.2, 0) is 16.1 Å². The van der Waals surface area contributed by atoms with Crippen molar-refractivity contribution in [2.75, 3.05) is 20.2 Å². The lowest BCUT2D eigenvalue weighted by Crippen LogP contribution is -2.36. The summed E-state index contributed by atoms with van der Waals surface area (Å²) in [4.78, 5) is 14.0. The summed E-state index contributed by atoms with van der Waals surface area (Å²) in [5.74, 6) is 3.31. The van der Waals surface area contributed by atoms with Crippen LogP contribution >= 0.6 is 0 Å². The molecule has 0 N–H and O–H groups in total. The Morgan fingerprint density at radius 2 is 1.83 bits per heavy atom. The summed E-state index contributed by atoms with van der Waals surface area (Å²) in [5.41, 5.74) is 5.80. The van der Waals surface area contributed by atoms with Gasteiger partial charge in [-0.1, -0.05) is 37.7 Å². The monoisotopic (exact) mass is 329 g/mol. The molecule has 0 unspecified atom stereocenters. The van der Waals surface area contributed by atoms with Crippen LogP contribution in [0, 0.1) is 17.4 Å². The molecule has 1 fully saturated rings. The molecule has 1 saturated heterocycles. The maximum atomic E-state index is 11.6. The lowest BCUT2D eigenvalue weighted by molar-refractivity contribution is -0.147. The van der Waals surface area contributed by atoms with Crippen molar-refractivity contribution < 1.29 is 9.53 Å². The van der Waals surface area contributed by atoms with Gasteiger partial charge in [0.15, 0.2) is 0 Å². The molecule has 0 bridgehead atoms. The van der Waals surface area contributed by atoms with Gasteiger partial charge in [0.2, 0.25) is 0 Å². The second-order valence-electron chi connectivity index (χ2n) is 7.27. The van der Waals surface area contributed by atoms with Gasteiger partial charge in [-0.05, 0) is 43.6 Å². The highest BCUT2D eigenvalue weighted by atomic mass is 28.3. The van der Waals surface area contributed by atoms with Gasteiger partial charge in [0.25, 0.3) is 0 Å². The van der Waals surface area contributed by atoms with Gasteiger partial charge >= 0.3 is 5.97 Å². The molecule has 0 saturated carbocycles. The van der Waals surface area contributed by atoms with Gasteiger partial charge in [-0.15, -0.1) is 5.54 Å². The predicted octanol–water partition coefficient (Wildman–Crippen LogP) is 3.30. The Morgan fingerprint density at radius 1 is 1.22 bits per heavy atom. The number of rotatable bonds is 3. The largest absolute Gasteiger partial charge is 0.469 e. The van der Waals surface area contributed by atoms with E-state index in [-0.39, 0.29) is 11.9 Å². The third-order valence-corrected chi connectivity index (χ3v) is 4.94. The third-order valence-electron chi connectivity index (χ3n) is 4.06. The average molecular weight is 330 g/mol. The number of likely N-dealkylation sites (tertiary alicyclic amines) is 1. The number of ether oxygens (including phenoxy) is 1. The average Bonchev–Trinajstić information content (AvgIpc) is 2.53. The highest BCUT2D eigenvalue weighted by Crippen LogP contribution is 2.20. The number of carbonyl (C=O) groups is 1. The Labute approximate surface area is 141 Å². The fourth-order valence-corrected chi connectivity index (χ4v) is 3.22. The summed E-state index contributed by atoms with van der Waals surface area (Å²) in [6.07, 6.45) is 1.79. The number of esters is 1. The van der Waals surface area contributed by atoms with Crippen molar-refractivity contribution in [3.8, 4) is 11.5 Å². The van der Waals surface area contributed by atoms with E-state index < -0.39 is 8.07 Å². The molecule has 0 aliphatic carbocycles. The minimum absolute atomic E-state index is 0.0602. The van der Waals surface area contributed by atoms with E-state index in [0.29, 0.717) is 0 Å². The van der Waals surface area contributed by atoms with Crippen LogP contribution in [0.15, 0.2) is 24.3 Å². The Balaban J connectivity index is 1.87. The molecule has 0 atom stereocenters. The van der Waals surface area contributed by atoms with Crippen molar-refractivity contribution in [2.45, 2.75) is 39.0 Å². The van der Waals surface area contributed by atoms with Gasteiger partial charge in [0.05, 0.1) is 13.0 Å². The van der Waals surface area contributed by atoms with Crippen LogP contribution in [0.5, 0.6) is 0 Å². The Morgan fingerprint density at radius 3 is 2.35 bits per heavy atom. The quantitative estimate of drug-likeness (QED) is 0.484. The molecule has 23 heavy (non-hydrogen) atoms. The first kappa shape index (κ1) is 17.8. The second-order valence-corrected chi connectivity index (χ2v) is 12.0. The molecule has 1 aromatic rings. The summed E-state index contributed by atoms with van der Waals surface area (Å²) >= 11 is 0. The molecule has 0 amide bonds. The standard InChI is InChI=1S/C19H27NO2Si/c1-22-19(21)18-9-12-20(13-10-18)15-17-7-5-16(6-8-17)11-14-23(2,3)4/h5-8,18H,9-10,12-13,15H2,1-4H3. The third kappa shape index (κ3) is 5.85. The van der Waals surface area contributed by atoms with E-state index in [1.165, 1.54) is 12.7 Å². The number of carbonyl (C=O) groups excluding carboxylic acids is 1. The topological polar surface area (TPSA) is 29.5 Å². The van der Waals surface area contributed by atoms with Crippen LogP contribution in [0.2, 0.25) is 19.6 Å². The first-order valence-electron chi connectivity index (χ1n) is 8.30. The number of benzene rings is 1. The van der Waals surface area contributed by atoms with Gasteiger partial charge < -0.3 is 4.74 Å². The normalized spacial score (nSPS) is 16.5. The van der Waals surface area contributed by atoms with E-state index in [0.717, 1.165) is 38.0 Å².